The Bertz CT molecular complexity index is 819. The molecule has 25 heavy (non-hydrogen) atoms. The zero-order valence-corrected chi connectivity index (χ0v) is 14.4. The molecular weight excluding hydrogens is 349 g/mol. The zero-order valence-electron chi connectivity index (χ0n) is 13.6. The number of nitrogens with zero attached hydrogens (tertiary/aromatic N) is 1. The molecule has 2 aromatic carbocycles. The zero-order chi connectivity index (χ0) is 18.4. The van der Waals surface area contributed by atoms with Crippen molar-refractivity contribution >= 4 is 21.7 Å². The summed E-state index contributed by atoms with van der Waals surface area (Å²) >= 11 is 0. The van der Waals surface area contributed by atoms with Gasteiger partial charge >= 0.3 is 5.97 Å². The second-order valence-electron chi connectivity index (χ2n) is 5.23. The maximum Gasteiger partial charge on any atom is 0.303 e. The Hall–Kier alpha value is -2.61. The molecule has 0 fully saturated rings. The number of benzene rings is 2. The fourth-order valence-electron chi connectivity index (χ4n) is 2.24. The van der Waals surface area contributed by atoms with Gasteiger partial charge in [0.1, 0.15) is 11.6 Å². The van der Waals surface area contributed by atoms with Crippen LogP contribution in [-0.4, -0.2) is 33.1 Å². The summed E-state index contributed by atoms with van der Waals surface area (Å²) < 4.78 is 45.1. The molecule has 0 saturated carbocycles. The first-order valence-electron chi connectivity index (χ1n) is 7.49. The predicted octanol–water partition coefficient (Wildman–Crippen LogP) is 2.89. The van der Waals surface area contributed by atoms with Crippen LogP contribution < -0.4 is 9.04 Å². The Morgan fingerprint density at radius 1 is 1.12 bits per heavy atom. The minimum atomic E-state index is -3.96. The van der Waals surface area contributed by atoms with Gasteiger partial charge in [0.25, 0.3) is 10.0 Å². The van der Waals surface area contributed by atoms with Crippen LogP contribution in [0.1, 0.15) is 12.8 Å². The fourth-order valence-corrected chi connectivity index (χ4v) is 3.75. The molecule has 0 saturated heterocycles. The summed E-state index contributed by atoms with van der Waals surface area (Å²) in [6, 6.07) is 10.9. The lowest BCUT2D eigenvalue weighted by molar-refractivity contribution is -0.137. The van der Waals surface area contributed by atoms with Gasteiger partial charge in [-0.3, -0.25) is 9.10 Å². The van der Waals surface area contributed by atoms with Crippen molar-refractivity contribution in [1.82, 2.24) is 0 Å². The Morgan fingerprint density at radius 3 is 2.24 bits per heavy atom. The number of hydrogen-bond donors (Lipinski definition) is 1. The standard InChI is InChI=1S/C17H18FNO5S/c1-24-15-8-6-14(7-9-15)19(12-2-3-17(20)21)25(22,23)16-10-4-13(18)5-11-16/h4-11H,2-3,12H2,1H3,(H,20,21). The number of carbonyl (C=O) groups is 1. The van der Waals surface area contributed by atoms with Gasteiger partial charge in [-0.15, -0.1) is 0 Å². The van der Waals surface area contributed by atoms with E-state index in [2.05, 4.69) is 0 Å². The summed E-state index contributed by atoms with van der Waals surface area (Å²) in [5, 5.41) is 8.79. The van der Waals surface area contributed by atoms with Crippen molar-refractivity contribution in [3.63, 3.8) is 0 Å². The van der Waals surface area contributed by atoms with E-state index >= 15 is 0 Å². The van der Waals surface area contributed by atoms with Crippen molar-refractivity contribution in [2.24, 2.45) is 0 Å². The highest BCUT2D eigenvalue weighted by Crippen LogP contribution is 2.26. The smallest absolute Gasteiger partial charge is 0.303 e. The van der Waals surface area contributed by atoms with Gasteiger partial charge in [0.15, 0.2) is 0 Å². The molecule has 0 unspecified atom stereocenters. The molecule has 1 N–H and O–H groups in total. The Kier molecular flexibility index (Phi) is 5.97. The van der Waals surface area contributed by atoms with Crippen LogP contribution in [0.3, 0.4) is 0 Å². The Balaban J connectivity index is 2.37. The fraction of sp³-hybridized carbons (Fsp3) is 0.235. The lowest BCUT2D eigenvalue weighted by Crippen LogP contribution is -2.32. The first-order chi connectivity index (χ1) is 11.8. The average Bonchev–Trinajstić information content (AvgIpc) is 2.59. The highest BCUT2D eigenvalue weighted by atomic mass is 32.2. The minimum absolute atomic E-state index is 0.0155. The molecule has 0 aliphatic carbocycles. The number of anilines is 1. The third-order valence-electron chi connectivity index (χ3n) is 3.51. The van der Waals surface area contributed by atoms with Crippen molar-refractivity contribution < 1.29 is 27.4 Å². The number of hydrogen-bond acceptors (Lipinski definition) is 4. The number of halogens is 1. The number of aliphatic carboxylic acids is 1. The van der Waals surface area contributed by atoms with Crippen molar-refractivity contribution in [1.29, 1.82) is 0 Å². The molecule has 0 radical (unpaired) electrons. The van der Waals surface area contributed by atoms with Crippen LogP contribution in [0.2, 0.25) is 0 Å². The van der Waals surface area contributed by atoms with Crippen LogP contribution >= 0.6 is 0 Å². The monoisotopic (exact) mass is 367 g/mol. The van der Waals surface area contributed by atoms with Crippen molar-refractivity contribution in [2.45, 2.75) is 17.7 Å². The van der Waals surface area contributed by atoms with Gasteiger partial charge in [-0.25, -0.2) is 12.8 Å². The number of rotatable bonds is 8. The summed E-state index contributed by atoms with van der Waals surface area (Å²) in [6.45, 7) is -0.0155. The van der Waals surface area contributed by atoms with Crippen LogP contribution in [-0.2, 0) is 14.8 Å². The van der Waals surface area contributed by atoms with Crippen LogP contribution in [0.15, 0.2) is 53.4 Å². The van der Waals surface area contributed by atoms with Crippen LogP contribution in [0, 0.1) is 5.82 Å². The van der Waals surface area contributed by atoms with Gasteiger partial charge in [0, 0.05) is 13.0 Å². The first-order valence-corrected chi connectivity index (χ1v) is 8.93. The van der Waals surface area contributed by atoms with E-state index < -0.39 is 21.8 Å². The third kappa shape index (κ3) is 4.69. The quantitative estimate of drug-likeness (QED) is 0.776. The van der Waals surface area contributed by atoms with E-state index in [-0.39, 0.29) is 24.3 Å². The summed E-state index contributed by atoms with van der Waals surface area (Å²) in [4.78, 5) is 10.7. The average molecular weight is 367 g/mol. The second-order valence-corrected chi connectivity index (χ2v) is 7.09. The van der Waals surface area contributed by atoms with Gasteiger partial charge in [-0.05, 0) is 55.0 Å². The highest BCUT2D eigenvalue weighted by Gasteiger charge is 2.25. The molecule has 0 aliphatic heterocycles. The molecule has 0 amide bonds. The summed E-state index contributed by atoms with van der Waals surface area (Å²) in [7, 11) is -2.46. The normalized spacial score (nSPS) is 11.1. The molecule has 0 aromatic heterocycles. The molecule has 2 rings (SSSR count). The minimum Gasteiger partial charge on any atom is -0.497 e. The molecule has 8 heteroatoms. The number of carboxylic acid groups (broad SMARTS) is 1. The van der Waals surface area contributed by atoms with E-state index in [1.807, 2.05) is 0 Å². The number of methoxy groups -OCH3 is 1. The van der Waals surface area contributed by atoms with Crippen molar-refractivity contribution in [2.75, 3.05) is 18.0 Å². The van der Waals surface area contributed by atoms with Crippen LogP contribution in [0.25, 0.3) is 0 Å². The number of carboxylic acids is 1. The van der Waals surface area contributed by atoms with Gasteiger partial charge in [0.05, 0.1) is 17.7 Å². The summed E-state index contributed by atoms with van der Waals surface area (Å²) in [5.41, 5.74) is 0.371. The lowest BCUT2D eigenvalue weighted by Gasteiger charge is -2.24. The largest absolute Gasteiger partial charge is 0.497 e. The van der Waals surface area contributed by atoms with Crippen molar-refractivity contribution in [3.05, 3.63) is 54.3 Å². The van der Waals surface area contributed by atoms with Crippen molar-refractivity contribution in [3.8, 4) is 5.75 Å². The lowest BCUT2D eigenvalue weighted by atomic mass is 10.2. The second kappa shape index (κ2) is 7.98. The van der Waals surface area contributed by atoms with E-state index in [1.54, 1.807) is 24.3 Å². The van der Waals surface area contributed by atoms with Gasteiger partial charge in [0.2, 0.25) is 0 Å². The van der Waals surface area contributed by atoms with E-state index in [4.69, 9.17) is 9.84 Å². The van der Waals surface area contributed by atoms with Gasteiger partial charge in [-0.2, -0.15) is 0 Å². The molecule has 0 atom stereocenters. The van der Waals surface area contributed by atoms with E-state index in [9.17, 15) is 17.6 Å². The SMILES string of the molecule is COc1ccc(N(CCCC(=O)O)S(=O)(=O)c2ccc(F)cc2)cc1. The molecule has 0 aliphatic rings. The molecule has 0 spiro atoms. The molecule has 134 valence electrons. The highest BCUT2D eigenvalue weighted by molar-refractivity contribution is 7.92. The van der Waals surface area contributed by atoms with E-state index in [0.29, 0.717) is 11.4 Å². The Labute approximate surface area is 145 Å². The van der Waals surface area contributed by atoms with Gasteiger partial charge in [-0.1, -0.05) is 0 Å². The van der Waals surface area contributed by atoms with E-state index in [1.165, 1.54) is 19.2 Å². The molecule has 0 heterocycles. The topological polar surface area (TPSA) is 83.9 Å². The maximum atomic E-state index is 13.1. The maximum absolute atomic E-state index is 13.1. The molecule has 6 nitrogen and oxygen atoms in total. The molecule has 0 bridgehead atoms. The number of sulfonamides is 1. The van der Waals surface area contributed by atoms with Crippen LogP contribution in [0.5, 0.6) is 5.75 Å². The number of ether oxygens (including phenoxy) is 1. The molecule has 2 aromatic rings. The Morgan fingerprint density at radius 2 is 1.72 bits per heavy atom. The molecular formula is C17H18FNO5S. The first kappa shape index (κ1) is 18.7. The summed E-state index contributed by atoms with van der Waals surface area (Å²) in [6.07, 6.45) is -0.0205. The summed E-state index contributed by atoms with van der Waals surface area (Å²) in [5.74, 6) is -0.983. The van der Waals surface area contributed by atoms with Gasteiger partial charge < -0.3 is 9.84 Å². The van der Waals surface area contributed by atoms with Crippen LogP contribution in [0.4, 0.5) is 10.1 Å². The van der Waals surface area contributed by atoms with E-state index in [0.717, 1.165) is 16.4 Å². The third-order valence-corrected chi connectivity index (χ3v) is 5.36. The predicted molar refractivity (Wildman–Crippen MR) is 90.8 cm³/mol.